The maximum Gasteiger partial charge on any atom is 0.257 e. The molecule has 4 N–H and O–H groups in total. The van der Waals surface area contributed by atoms with Gasteiger partial charge < -0.3 is 21.1 Å². The van der Waals surface area contributed by atoms with Crippen LogP contribution in [0.5, 0.6) is 5.75 Å². The second-order valence-corrected chi connectivity index (χ2v) is 5.37. The molecular weight excluding hydrogens is 332 g/mol. The quantitative estimate of drug-likeness (QED) is 0.516. The summed E-state index contributed by atoms with van der Waals surface area (Å²) in [5, 5.41) is 5.48. The number of aromatic nitrogens is 1. The lowest BCUT2D eigenvalue weighted by Gasteiger charge is -2.12. The van der Waals surface area contributed by atoms with E-state index < -0.39 is 0 Å². The van der Waals surface area contributed by atoms with Crippen molar-refractivity contribution in [3.63, 3.8) is 0 Å². The number of anilines is 1. The Hall–Kier alpha value is -3.37. The number of hydrogen-bond donors (Lipinski definition) is 3. The highest BCUT2D eigenvalue weighted by Gasteiger charge is 2.14. The predicted octanol–water partition coefficient (Wildman–Crippen LogP) is 1.40. The van der Waals surface area contributed by atoms with E-state index in [-0.39, 0.29) is 11.8 Å². The average Bonchev–Trinajstić information content (AvgIpc) is 2.68. The molecule has 1 aromatic heterocycles. The van der Waals surface area contributed by atoms with E-state index in [9.17, 15) is 9.59 Å². The van der Waals surface area contributed by atoms with Crippen LogP contribution in [-0.2, 0) is 0 Å². The number of carbonyl (C=O) groups is 2. The maximum absolute atomic E-state index is 12.4. The maximum atomic E-state index is 12.4. The summed E-state index contributed by atoms with van der Waals surface area (Å²) < 4.78 is 5.22. The molecule has 0 aliphatic heterocycles. The van der Waals surface area contributed by atoms with E-state index >= 15 is 0 Å². The number of carbonyl (C=O) groups excluding carboxylic acids is 2. The number of nitrogens with one attached hydrogen (secondary N) is 2. The fourth-order valence-corrected chi connectivity index (χ4v) is 2.21. The number of methoxy groups -OCH3 is 1. The zero-order chi connectivity index (χ0) is 18.9. The minimum absolute atomic E-state index is 0.303. The Morgan fingerprint density at radius 1 is 1.27 bits per heavy atom. The Kier molecular flexibility index (Phi) is 6.71. The van der Waals surface area contributed by atoms with Gasteiger partial charge in [0.1, 0.15) is 5.75 Å². The third kappa shape index (κ3) is 4.82. The van der Waals surface area contributed by atoms with Gasteiger partial charge in [0.05, 0.1) is 18.2 Å². The molecule has 2 aromatic rings. The highest BCUT2D eigenvalue weighted by atomic mass is 16.5. The van der Waals surface area contributed by atoms with Crippen LogP contribution in [0.4, 0.5) is 5.69 Å². The van der Waals surface area contributed by atoms with Gasteiger partial charge in [-0.15, -0.1) is 6.42 Å². The molecule has 0 spiro atoms. The summed E-state index contributed by atoms with van der Waals surface area (Å²) in [5.74, 6) is 2.15. The summed E-state index contributed by atoms with van der Waals surface area (Å²) in [6.07, 6.45) is 8.90. The summed E-state index contributed by atoms with van der Waals surface area (Å²) in [4.78, 5) is 28.6. The lowest BCUT2D eigenvalue weighted by molar-refractivity contribution is 0.0949. The molecule has 2 rings (SSSR count). The molecule has 7 nitrogen and oxygen atoms in total. The zero-order valence-electron chi connectivity index (χ0n) is 14.4. The molecule has 0 bridgehead atoms. The lowest BCUT2D eigenvalue weighted by Crippen LogP contribution is -2.26. The fourth-order valence-electron chi connectivity index (χ4n) is 2.21. The van der Waals surface area contributed by atoms with Crippen LogP contribution < -0.4 is 21.1 Å². The number of nitrogens with zero attached hydrogens (tertiary/aromatic N) is 1. The summed E-state index contributed by atoms with van der Waals surface area (Å²) >= 11 is 0. The SMILES string of the molecule is C#Cc1cncc(C(=O)Nc2ccc(OC)c(C(=O)NCCCN)c2)c1. The number of terminal acetylenes is 1. The normalized spacial score (nSPS) is 9.88. The lowest BCUT2D eigenvalue weighted by atomic mass is 10.1. The topological polar surface area (TPSA) is 106 Å². The molecule has 0 radical (unpaired) electrons. The third-order valence-corrected chi connectivity index (χ3v) is 3.54. The molecule has 0 aliphatic rings. The van der Waals surface area contributed by atoms with E-state index in [0.29, 0.717) is 47.6 Å². The molecule has 0 saturated carbocycles. The minimum atomic E-state index is -0.380. The first-order valence-electron chi connectivity index (χ1n) is 7.98. The molecule has 7 heteroatoms. The molecule has 0 saturated heterocycles. The number of pyridine rings is 1. The van der Waals surface area contributed by atoms with Crippen LogP contribution in [0.15, 0.2) is 36.7 Å². The standard InChI is InChI=1S/C19H20N4O3/c1-3-13-9-14(12-21-11-13)18(24)23-15-5-6-17(26-2)16(10-15)19(25)22-8-4-7-20/h1,5-6,9-12H,4,7-8,20H2,2H3,(H,22,25)(H,23,24). The molecule has 0 aliphatic carbocycles. The highest BCUT2D eigenvalue weighted by molar-refractivity contribution is 6.05. The number of hydrogen-bond acceptors (Lipinski definition) is 5. The summed E-state index contributed by atoms with van der Waals surface area (Å²) in [6, 6.07) is 6.37. The molecule has 2 amide bonds. The molecule has 134 valence electrons. The number of benzene rings is 1. The largest absolute Gasteiger partial charge is 0.496 e. The van der Waals surface area contributed by atoms with Crippen molar-refractivity contribution < 1.29 is 14.3 Å². The van der Waals surface area contributed by atoms with Gasteiger partial charge in [0.25, 0.3) is 11.8 Å². The Morgan fingerprint density at radius 3 is 2.77 bits per heavy atom. The molecule has 26 heavy (non-hydrogen) atoms. The first kappa shape index (κ1) is 19.0. The molecule has 0 atom stereocenters. The van der Waals surface area contributed by atoms with Gasteiger partial charge in [0.2, 0.25) is 0 Å². The van der Waals surface area contributed by atoms with E-state index in [0.717, 1.165) is 0 Å². The van der Waals surface area contributed by atoms with E-state index in [4.69, 9.17) is 16.9 Å². The van der Waals surface area contributed by atoms with Gasteiger partial charge in [0.15, 0.2) is 0 Å². The van der Waals surface area contributed by atoms with Crippen LogP contribution in [0.2, 0.25) is 0 Å². The number of amides is 2. The number of rotatable bonds is 7. The van der Waals surface area contributed by atoms with Crippen LogP contribution in [0.1, 0.15) is 32.7 Å². The molecule has 0 fully saturated rings. The van der Waals surface area contributed by atoms with Crippen LogP contribution in [0, 0.1) is 12.3 Å². The Labute approximate surface area is 152 Å². The Balaban J connectivity index is 2.19. The summed E-state index contributed by atoms with van der Waals surface area (Å²) in [5.41, 5.74) is 7.02. The fraction of sp³-hybridized carbons (Fsp3) is 0.211. The van der Waals surface area contributed by atoms with Gasteiger partial charge in [0, 0.05) is 30.2 Å². The van der Waals surface area contributed by atoms with E-state index in [1.54, 1.807) is 24.3 Å². The van der Waals surface area contributed by atoms with E-state index in [2.05, 4.69) is 21.5 Å². The van der Waals surface area contributed by atoms with Gasteiger partial charge in [-0.1, -0.05) is 5.92 Å². The van der Waals surface area contributed by atoms with Gasteiger partial charge in [-0.25, -0.2) is 0 Å². The predicted molar refractivity (Wildman–Crippen MR) is 99.1 cm³/mol. The van der Waals surface area contributed by atoms with Gasteiger partial charge in [-0.05, 0) is 37.2 Å². The zero-order valence-corrected chi connectivity index (χ0v) is 14.4. The van der Waals surface area contributed by atoms with Gasteiger partial charge in [-0.3, -0.25) is 14.6 Å². The van der Waals surface area contributed by atoms with Crippen molar-refractivity contribution in [1.29, 1.82) is 0 Å². The van der Waals surface area contributed by atoms with Crippen molar-refractivity contribution in [2.24, 2.45) is 5.73 Å². The van der Waals surface area contributed by atoms with E-state index in [1.807, 2.05) is 0 Å². The van der Waals surface area contributed by atoms with Crippen LogP contribution >= 0.6 is 0 Å². The van der Waals surface area contributed by atoms with Gasteiger partial charge in [-0.2, -0.15) is 0 Å². The van der Waals surface area contributed by atoms with E-state index in [1.165, 1.54) is 19.5 Å². The Morgan fingerprint density at radius 2 is 2.08 bits per heavy atom. The van der Waals surface area contributed by atoms with Gasteiger partial charge >= 0.3 is 0 Å². The van der Waals surface area contributed by atoms with Crippen molar-refractivity contribution in [3.05, 3.63) is 53.3 Å². The summed E-state index contributed by atoms with van der Waals surface area (Å²) in [7, 11) is 1.47. The van der Waals surface area contributed by atoms with Crippen molar-refractivity contribution in [2.45, 2.75) is 6.42 Å². The number of nitrogens with two attached hydrogens (primary N) is 1. The third-order valence-electron chi connectivity index (χ3n) is 3.54. The van der Waals surface area contributed by atoms with Crippen LogP contribution in [-0.4, -0.2) is 37.0 Å². The molecule has 1 aromatic carbocycles. The second-order valence-electron chi connectivity index (χ2n) is 5.37. The first-order chi connectivity index (χ1) is 12.6. The molecular formula is C19H20N4O3. The number of ether oxygens (including phenoxy) is 1. The van der Waals surface area contributed by atoms with Crippen molar-refractivity contribution in [1.82, 2.24) is 10.3 Å². The minimum Gasteiger partial charge on any atom is -0.496 e. The van der Waals surface area contributed by atoms with Crippen molar-refractivity contribution in [3.8, 4) is 18.1 Å². The second kappa shape index (κ2) is 9.20. The molecule has 0 unspecified atom stereocenters. The summed E-state index contributed by atoms with van der Waals surface area (Å²) in [6.45, 7) is 0.942. The van der Waals surface area contributed by atoms with Crippen LogP contribution in [0.25, 0.3) is 0 Å². The smallest absolute Gasteiger partial charge is 0.257 e. The van der Waals surface area contributed by atoms with Crippen molar-refractivity contribution >= 4 is 17.5 Å². The monoisotopic (exact) mass is 352 g/mol. The highest BCUT2D eigenvalue weighted by Crippen LogP contribution is 2.23. The van der Waals surface area contributed by atoms with Crippen LogP contribution in [0.3, 0.4) is 0 Å². The first-order valence-corrected chi connectivity index (χ1v) is 7.98. The molecule has 1 heterocycles. The average molecular weight is 352 g/mol. The Bertz CT molecular complexity index is 843. The van der Waals surface area contributed by atoms with Crippen molar-refractivity contribution in [2.75, 3.05) is 25.5 Å².